The SMILES string of the molecule is CCCNC(Cc1ccc(Br)s1)C(OC)OC. The van der Waals surface area contributed by atoms with Crippen LogP contribution in [0.15, 0.2) is 15.9 Å². The quantitative estimate of drug-likeness (QED) is 0.746. The summed E-state index contributed by atoms with van der Waals surface area (Å²) >= 11 is 5.23. The summed E-state index contributed by atoms with van der Waals surface area (Å²) in [5.74, 6) is 0. The normalized spacial score (nSPS) is 13.2. The third-order valence-corrected chi connectivity index (χ3v) is 4.15. The minimum absolute atomic E-state index is 0.190. The molecule has 0 aromatic carbocycles. The Morgan fingerprint density at radius 1 is 1.35 bits per heavy atom. The van der Waals surface area contributed by atoms with Gasteiger partial charge in [-0.15, -0.1) is 11.3 Å². The van der Waals surface area contributed by atoms with Crippen LogP contribution in [0.1, 0.15) is 18.2 Å². The van der Waals surface area contributed by atoms with Crippen molar-refractivity contribution in [2.24, 2.45) is 0 Å². The summed E-state index contributed by atoms with van der Waals surface area (Å²) in [5, 5.41) is 3.47. The van der Waals surface area contributed by atoms with E-state index in [2.05, 4.69) is 40.3 Å². The van der Waals surface area contributed by atoms with Crippen molar-refractivity contribution in [3.63, 3.8) is 0 Å². The van der Waals surface area contributed by atoms with E-state index in [9.17, 15) is 0 Å². The van der Waals surface area contributed by atoms with Gasteiger partial charge in [0.05, 0.1) is 9.83 Å². The van der Waals surface area contributed by atoms with Gasteiger partial charge in [-0.05, 0) is 41.0 Å². The molecule has 0 amide bonds. The molecule has 1 heterocycles. The molecule has 17 heavy (non-hydrogen) atoms. The van der Waals surface area contributed by atoms with Crippen LogP contribution < -0.4 is 5.32 Å². The molecule has 0 bridgehead atoms. The fourth-order valence-corrected chi connectivity index (χ4v) is 3.24. The van der Waals surface area contributed by atoms with Crippen molar-refractivity contribution < 1.29 is 9.47 Å². The second-order valence-electron chi connectivity index (χ2n) is 3.81. The van der Waals surface area contributed by atoms with Gasteiger partial charge < -0.3 is 14.8 Å². The Morgan fingerprint density at radius 2 is 2.06 bits per heavy atom. The molecule has 1 N–H and O–H groups in total. The monoisotopic (exact) mass is 321 g/mol. The molecule has 1 atom stereocenters. The zero-order valence-corrected chi connectivity index (χ0v) is 12.9. The van der Waals surface area contributed by atoms with Crippen LogP contribution in [0.3, 0.4) is 0 Å². The van der Waals surface area contributed by atoms with E-state index in [0.29, 0.717) is 0 Å². The molecule has 0 aliphatic heterocycles. The van der Waals surface area contributed by atoms with Gasteiger partial charge in [0.2, 0.25) is 0 Å². The van der Waals surface area contributed by atoms with Gasteiger partial charge in [-0.3, -0.25) is 0 Å². The van der Waals surface area contributed by atoms with E-state index in [4.69, 9.17) is 9.47 Å². The standard InChI is InChI=1S/C12H20BrNO2S/c1-4-7-14-10(12(15-2)16-3)8-9-5-6-11(13)17-9/h5-6,10,12,14H,4,7-8H2,1-3H3. The molecule has 0 spiro atoms. The van der Waals surface area contributed by atoms with Gasteiger partial charge in [0.15, 0.2) is 6.29 Å². The summed E-state index contributed by atoms with van der Waals surface area (Å²) in [6.45, 7) is 3.13. The van der Waals surface area contributed by atoms with Crippen molar-refractivity contribution in [2.75, 3.05) is 20.8 Å². The van der Waals surface area contributed by atoms with Crippen LogP contribution in [-0.2, 0) is 15.9 Å². The molecule has 0 aliphatic rings. The highest BCUT2D eigenvalue weighted by Gasteiger charge is 2.21. The molecule has 0 fully saturated rings. The molecule has 1 aromatic heterocycles. The average Bonchev–Trinajstić information content (AvgIpc) is 2.73. The van der Waals surface area contributed by atoms with Crippen LogP contribution in [0.5, 0.6) is 0 Å². The van der Waals surface area contributed by atoms with E-state index in [1.54, 1.807) is 25.6 Å². The molecular weight excluding hydrogens is 302 g/mol. The maximum atomic E-state index is 5.35. The van der Waals surface area contributed by atoms with Gasteiger partial charge in [-0.1, -0.05) is 6.92 Å². The predicted octanol–water partition coefficient (Wildman–Crippen LogP) is 3.04. The van der Waals surface area contributed by atoms with E-state index in [-0.39, 0.29) is 12.3 Å². The topological polar surface area (TPSA) is 30.5 Å². The molecule has 0 radical (unpaired) electrons. The smallest absolute Gasteiger partial charge is 0.172 e. The second-order valence-corrected chi connectivity index (χ2v) is 6.36. The van der Waals surface area contributed by atoms with Gasteiger partial charge in [0.1, 0.15) is 0 Å². The first-order valence-electron chi connectivity index (χ1n) is 5.74. The average molecular weight is 322 g/mol. The fraction of sp³-hybridized carbons (Fsp3) is 0.667. The zero-order chi connectivity index (χ0) is 12.7. The van der Waals surface area contributed by atoms with Gasteiger partial charge in [-0.2, -0.15) is 0 Å². The molecule has 1 unspecified atom stereocenters. The Bertz CT molecular complexity index is 315. The predicted molar refractivity (Wildman–Crippen MR) is 75.6 cm³/mol. The van der Waals surface area contributed by atoms with Gasteiger partial charge in [0, 0.05) is 25.5 Å². The van der Waals surface area contributed by atoms with Crippen LogP contribution in [0.2, 0.25) is 0 Å². The number of thiophene rings is 1. The van der Waals surface area contributed by atoms with Crippen LogP contribution in [0, 0.1) is 0 Å². The maximum Gasteiger partial charge on any atom is 0.172 e. The van der Waals surface area contributed by atoms with Crippen molar-refractivity contribution in [2.45, 2.75) is 32.1 Å². The van der Waals surface area contributed by atoms with Gasteiger partial charge in [-0.25, -0.2) is 0 Å². The van der Waals surface area contributed by atoms with Crippen molar-refractivity contribution in [3.05, 3.63) is 20.8 Å². The molecule has 0 saturated heterocycles. The number of hydrogen-bond donors (Lipinski definition) is 1. The Hall–Kier alpha value is 0.0600. The lowest BCUT2D eigenvalue weighted by Gasteiger charge is -2.25. The van der Waals surface area contributed by atoms with E-state index in [0.717, 1.165) is 23.2 Å². The van der Waals surface area contributed by atoms with Crippen molar-refractivity contribution in [1.82, 2.24) is 5.32 Å². The fourth-order valence-electron chi connectivity index (χ4n) is 1.70. The number of ether oxygens (including phenoxy) is 2. The molecule has 0 aliphatic carbocycles. The molecule has 1 rings (SSSR count). The van der Waals surface area contributed by atoms with Crippen molar-refractivity contribution >= 4 is 27.3 Å². The lowest BCUT2D eigenvalue weighted by molar-refractivity contribution is -0.122. The first kappa shape index (κ1) is 15.1. The first-order chi connectivity index (χ1) is 8.21. The van der Waals surface area contributed by atoms with E-state index >= 15 is 0 Å². The molecule has 98 valence electrons. The number of hydrogen-bond acceptors (Lipinski definition) is 4. The molecule has 1 aromatic rings. The lowest BCUT2D eigenvalue weighted by atomic mass is 10.1. The third-order valence-electron chi connectivity index (χ3n) is 2.50. The van der Waals surface area contributed by atoms with Crippen molar-refractivity contribution in [3.8, 4) is 0 Å². The Balaban J connectivity index is 2.61. The largest absolute Gasteiger partial charge is 0.354 e. The van der Waals surface area contributed by atoms with Crippen LogP contribution >= 0.6 is 27.3 Å². The van der Waals surface area contributed by atoms with Crippen molar-refractivity contribution in [1.29, 1.82) is 0 Å². The Labute approximate surface area is 116 Å². The number of nitrogens with one attached hydrogen (secondary N) is 1. The van der Waals surface area contributed by atoms with E-state index in [1.807, 2.05) is 0 Å². The van der Waals surface area contributed by atoms with Crippen LogP contribution in [0.25, 0.3) is 0 Å². The Kier molecular flexibility index (Phi) is 7.30. The summed E-state index contributed by atoms with van der Waals surface area (Å²) in [6, 6.07) is 4.40. The summed E-state index contributed by atoms with van der Waals surface area (Å²) in [5.41, 5.74) is 0. The highest BCUT2D eigenvalue weighted by Crippen LogP contribution is 2.24. The van der Waals surface area contributed by atoms with Gasteiger partial charge >= 0.3 is 0 Å². The zero-order valence-electron chi connectivity index (χ0n) is 10.5. The van der Waals surface area contributed by atoms with Crippen LogP contribution in [-0.4, -0.2) is 33.1 Å². The van der Waals surface area contributed by atoms with E-state index in [1.165, 1.54) is 4.88 Å². The molecule has 3 nitrogen and oxygen atoms in total. The number of rotatable bonds is 8. The third kappa shape index (κ3) is 5.06. The van der Waals surface area contributed by atoms with Gasteiger partial charge in [0.25, 0.3) is 0 Å². The highest BCUT2D eigenvalue weighted by molar-refractivity contribution is 9.11. The lowest BCUT2D eigenvalue weighted by Crippen LogP contribution is -2.43. The maximum absolute atomic E-state index is 5.35. The number of methoxy groups -OCH3 is 2. The minimum atomic E-state index is -0.206. The number of halogens is 1. The van der Waals surface area contributed by atoms with E-state index < -0.39 is 0 Å². The van der Waals surface area contributed by atoms with Crippen LogP contribution in [0.4, 0.5) is 0 Å². The molecule has 0 saturated carbocycles. The first-order valence-corrected chi connectivity index (χ1v) is 7.35. The molecular formula is C12H20BrNO2S. The molecule has 5 heteroatoms. The summed E-state index contributed by atoms with van der Waals surface area (Å²) < 4.78 is 11.9. The summed E-state index contributed by atoms with van der Waals surface area (Å²) in [6.07, 6.45) is 1.82. The summed E-state index contributed by atoms with van der Waals surface area (Å²) in [7, 11) is 3.36. The summed E-state index contributed by atoms with van der Waals surface area (Å²) in [4.78, 5) is 1.32. The minimum Gasteiger partial charge on any atom is -0.354 e. The Morgan fingerprint density at radius 3 is 2.53 bits per heavy atom. The highest BCUT2D eigenvalue weighted by atomic mass is 79.9. The second kappa shape index (κ2) is 8.21.